The maximum Gasteiger partial charge on any atom is 0.221 e. The first-order valence-corrected chi connectivity index (χ1v) is 7.77. The summed E-state index contributed by atoms with van der Waals surface area (Å²) < 4.78 is 10.6. The van der Waals surface area contributed by atoms with Gasteiger partial charge in [-0.2, -0.15) is 0 Å². The molecule has 1 amide bonds. The smallest absolute Gasteiger partial charge is 0.221 e. The van der Waals surface area contributed by atoms with E-state index >= 15 is 0 Å². The molecule has 0 fully saturated rings. The van der Waals surface area contributed by atoms with E-state index in [0.717, 1.165) is 16.7 Å². The molecule has 0 saturated heterocycles. The summed E-state index contributed by atoms with van der Waals surface area (Å²) in [5.41, 5.74) is 3.16. The topological polar surface area (TPSA) is 64.6 Å². The van der Waals surface area contributed by atoms with Crippen molar-refractivity contribution >= 4 is 23.0 Å². The van der Waals surface area contributed by atoms with Gasteiger partial charge in [0.15, 0.2) is 17.3 Å². The normalized spacial score (nSPS) is 11.0. The van der Waals surface area contributed by atoms with Crippen LogP contribution in [0.5, 0.6) is 11.5 Å². The van der Waals surface area contributed by atoms with E-state index in [0.29, 0.717) is 17.2 Å². The minimum absolute atomic E-state index is 0.0595. The summed E-state index contributed by atoms with van der Waals surface area (Å²) in [4.78, 5) is 22.8. The number of carbonyl (C=O) groups is 2. The van der Waals surface area contributed by atoms with Crippen molar-refractivity contribution in [3.63, 3.8) is 0 Å². The van der Waals surface area contributed by atoms with E-state index in [9.17, 15) is 9.59 Å². The molecule has 0 radical (unpaired) electrons. The molecule has 0 atom stereocenters. The van der Waals surface area contributed by atoms with Gasteiger partial charge in [-0.1, -0.05) is 18.2 Å². The Morgan fingerprint density at radius 2 is 1.48 bits per heavy atom. The second kappa shape index (κ2) is 8.15. The lowest BCUT2D eigenvalue weighted by molar-refractivity contribution is -0.114. The maximum absolute atomic E-state index is 11.7. The van der Waals surface area contributed by atoms with Crippen LogP contribution in [0.25, 0.3) is 5.57 Å². The maximum atomic E-state index is 11.7. The van der Waals surface area contributed by atoms with Crippen LogP contribution in [0.1, 0.15) is 25.0 Å². The summed E-state index contributed by atoms with van der Waals surface area (Å²) in [7, 11) is 3.14. The van der Waals surface area contributed by atoms with Crippen LogP contribution >= 0.6 is 0 Å². The fourth-order valence-electron chi connectivity index (χ4n) is 2.48. The summed E-state index contributed by atoms with van der Waals surface area (Å²) in [6, 6.07) is 12.8. The van der Waals surface area contributed by atoms with Gasteiger partial charge < -0.3 is 14.8 Å². The Labute approximate surface area is 147 Å². The van der Waals surface area contributed by atoms with E-state index in [1.807, 2.05) is 24.3 Å². The van der Waals surface area contributed by atoms with Crippen LogP contribution in [0.4, 0.5) is 5.69 Å². The van der Waals surface area contributed by atoms with Crippen molar-refractivity contribution in [2.75, 3.05) is 19.5 Å². The van der Waals surface area contributed by atoms with Gasteiger partial charge in [-0.3, -0.25) is 9.59 Å². The highest BCUT2D eigenvalue weighted by Crippen LogP contribution is 2.33. The molecular weight excluding hydrogens is 318 g/mol. The number of rotatable bonds is 6. The molecule has 0 heterocycles. The van der Waals surface area contributed by atoms with Crippen molar-refractivity contribution in [3.8, 4) is 11.5 Å². The number of ether oxygens (including phenoxy) is 2. The van der Waals surface area contributed by atoms with Crippen LogP contribution in [0.15, 0.2) is 48.5 Å². The molecule has 25 heavy (non-hydrogen) atoms. The molecule has 0 aliphatic carbocycles. The molecule has 1 N–H and O–H groups in total. The van der Waals surface area contributed by atoms with Gasteiger partial charge in [0.1, 0.15) is 0 Å². The van der Waals surface area contributed by atoms with E-state index in [1.165, 1.54) is 13.8 Å². The lowest BCUT2D eigenvalue weighted by Crippen LogP contribution is -2.05. The molecule has 2 aromatic carbocycles. The van der Waals surface area contributed by atoms with E-state index in [2.05, 4.69) is 5.32 Å². The monoisotopic (exact) mass is 339 g/mol. The number of allylic oxidation sites excluding steroid dienone is 1. The fraction of sp³-hybridized carbons (Fsp3) is 0.200. The lowest BCUT2D eigenvalue weighted by Gasteiger charge is -2.13. The first-order valence-electron chi connectivity index (χ1n) is 7.77. The van der Waals surface area contributed by atoms with E-state index in [4.69, 9.17) is 9.47 Å². The third-order valence-electron chi connectivity index (χ3n) is 3.56. The molecule has 0 unspecified atom stereocenters. The standard InChI is InChI=1S/C20H21NO4/c1-13(22)11-18(15-5-8-17(9-6-15)21-14(2)23)16-7-10-19(24-3)20(12-16)25-4/h5-12H,1-4H3,(H,21,23)/b18-11+. The van der Waals surface area contributed by atoms with E-state index in [1.54, 1.807) is 38.5 Å². The predicted octanol–water partition coefficient (Wildman–Crippen LogP) is 3.68. The Morgan fingerprint density at radius 1 is 0.880 bits per heavy atom. The highest BCUT2D eigenvalue weighted by Gasteiger charge is 2.11. The summed E-state index contributed by atoms with van der Waals surface area (Å²) in [6.07, 6.45) is 1.58. The number of ketones is 1. The summed E-state index contributed by atoms with van der Waals surface area (Å²) >= 11 is 0. The van der Waals surface area contributed by atoms with Crippen LogP contribution in [-0.2, 0) is 9.59 Å². The third-order valence-corrected chi connectivity index (χ3v) is 3.56. The molecule has 2 rings (SSSR count). The van der Waals surface area contributed by atoms with Gasteiger partial charge >= 0.3 is 0 Å². The average Bonchev–Trinajstić information content (AvgIpc) is 2.59. The van der Waals surface area contributed by atoms with Gasteiger partial charge in [0.2, 0.25) is 5.91 Å². The summed E-state index contributed by atoms with van der Waals surface area (Å²) in [5.74, 6) is 1.02. The first-order chi connectivity index (χ1) is 11.9. The number of carbonyl (C=O) groups excluding carboxylic acids is 2. The fourth-order valence-corrected chi connectivity index (χ4v) is 2.48. The second-order valence-corrected chi connectivity index (χ2v) is 5.50. The minimum atomic E-state index is -0.132. The Balaban J connectivity index is 2.47. The summed E-state index contributed by atoms with van der Waals surface area (Å²) in [5, 5.41) is 2.72. The Hall–Kier alpha value is -3.08. The van der Waals surface area contributed by atoms with E-state index in [-0.39, 0.29) is 11.7 Å². The predicted molar refractivity (Wildman–Crippen MR) is 98.1 cm³/mol. The largest absolute Gasteiger partial charge is 0.493 e. The molecule has 0 aliphatic rings. The van der Waals surface area contributed by atoms with Crippen LogP contribution in [0.2, 0.25) is 0 Å². The molecule has 130 valence electrons. The zero-order chi connectivity index (χ0) is 18.4. The first kappa shape index (κ1) is 18.3. The molecule has 2 aromatic rings. The SMILES string of the molecule is COc1ccc(/C(=C/C(C)=O)c2ccc(NC(C)=O)cc2)cc1OC. The number of hydrogen-bond acceptors (Lipinski definition) is 4. The zero-order valence-corrected chi connectivity index (χ0v) is 14.8. The minimum Gasteiger partial charge on any atom is -0.493 e. The number of benzene rings is 2. The Bertz CT molecular complexity index is 807. The van der Waals surface area contributed by atoms with Crippen molar-refractivity contribution in [2.24, 2.45) is 0 Å². The number of anilines is 1. The average molecular weight is 339 g/mol. The molecule has 0 aliphatic heterocycles. The van der Waals surface area contributed by atoms with Crippen molar-refractivity contribution in [3.05, 3.63) is 59.7 Å². The molecule has 0 saturated carbocycles. The zero-order valence-electron chi connectivity index (χ0n) is 14.8. The van der Waals surface area contributed by atoms with Gasteiger partial charge in [-0.05, 0) is 54.0 Å². The van der Waals surface area contributed by atoms with Crippen molar-refractivity contribution < 1.29 is 19.1 Å². The number of hydrogen-bond donors (Lipinski definition) is 1. The van der Waals surface area contributed by atoms with Gasteiger partial charge in [0.05, 0.1) is 14.2 Å². The van der Waals surface area contributed by atoms with Crippen molar-refractivity contribution in [1.29, 1.82) is 0 Å². The van der Waals surface area contributed by atoms with Crippen LogP contribution in [-0.4, -0.2) is 25.9 Å². The molecule has 0 spiro atoms. The van der Waals surface area contributed by atoms with Gasteiger partial charge in [0.25, 0.3) is 0 Å². The summed E-state index contributed by atoms with van der Waals surface area (Å²) in [6.45, 7) is 2.96. The van der Waals surface area contributed by atoms with Crippen molar-refractivity contribution in [2.45, 2.75) is 13.8 Å². The number of methoxy groups -OCH3 is 2. The lowest BCUT2D eigenvalue weighted by atomic mass is 9.96. The van der Waals surface area contributed by atoms with Crippen LogP contribution in [0.3, 0.4) is 0 Å². The van der Waals surface area contributed by atoms with Crippen LogP contribution < -0.4 is 14.8 Å². The highest BCUT2D eigenvalue weighted by atomic mass is 16.5. The van der Waals surface area contributed by atoms with Gasteiger partial charge in [-0.25, -0.2) is 0 Å². The molecular formula is C20H21NO4. The highest BCUT2D eigenvalue weighted by molar-refractivity contribution is 5.99. The molecule has 0 bridgehead atoms. The third kappa shape index (κ3) is 4.70. The number of nitrogens with one attached hydrogen (secondary N) is 1. The van der Waals surface area contributed by atoms with Gasteiger partial charge in [-0.15, -0.1) is 0 Å². The molecule has 5 nitrogen and oxygen atoms in total. The Morgan fingerprint density at radius 3 is 2.00 bits per heavy atom. The quantitative estimate of drug-likeness (QED) is 0.815. The molecule has 0 aromatic heterocycles. The van der Waals surface area contributed by atoms with Crippen LogP contribution in [0, 0.1) is 0 Å². The van der Waals surface area contributed by atoms with Gasteiger partial charge in [0, 0.05) is 12.6 Å². The Kier molecular flexibility index (Phi) is 5.95. The van der Waals surface area contributed by atoms with E-state index < -0.39 is 0 Å². The number of amides is 1. The molecule has 5 heteroatoms. The second-order valence-electron chi connectivity index (χ2n) is 5.50. The van der Waals surface area contributed by atoms with Crippen molar-refractivity contribution in [1.82, 2.24) is 0 Å².